The second-order valence-electron chi connectivity index (χ2n) is 5.77. The van der Waals surface area contributed by atoms with Gasteiger partial charge in [0.2, 0.25) is 5.91 Å². The molecule has 2 heterocycles. The molecule has 0 fully saturated rings. The van der Waals surface area contributed by atoms with E-state index in [4.69, 9.17) is 39.5 Å². The van der Waals surface area contributed by atoms with E-state index < -0.39 is 0 Å². The molecule has 0 radical (unpaired) electrons. The van der Waals surface area contributed by atoms with E-state index in [-0.39, 0.29) is 11.7 Å². The van der Waals surface area contributed by atoms with Crippen molar-refractivity contribution in [2.45, 2.75) is 11.7 Å². The molecule has 3 aromatic rings. The molecule has 29 heavy (non-hydrogen) atoms. The summed E-state index contributed by atoms with van der Waals surface area (Å²) in [6.45, 7) is 1.03. The lowest BCUT2D eigenvalue weighted by atomic mass is 10.2. The molecule has 0 saturated heterocycles. The van der Waals surface area contributed by atoms with Gasteiger partial charge in [-0.05, 0) is 24.3 Å². The lowest BCUT2D eigenvalue weighted by Gasteiger charge is -2.10. The van der Waals surface area contributed by atoms with E-state index in [0.29, 0.717) is 44.9 Å². The second-order valence-corrected chi connectivity index (χ2v) is 7.93. The number of carbonyl (C=O) groups excluding carboxylic acids is 1. The minimum atomic E-state index is -0.262. The zero-order valence-electron chi connectivity index (χ0n) is 15.2. The summed E-state index contributed by atoms with van der Waals surface area (Å²) < 4.78 is 7.09. The molecule has 0 atom stereocenters. The summed E-state index contributed by atoms with van der Waals surface area (Å²) in [5, 5.41) is 12.7. The molecule has 0 aliphatic rings. The van der Waals surface area contributed by atoms with Crippen molar-refractivity contribution < 1.29 is 9.53 Å². The normalized spacial score (nSPS) is 10.9. The van der Waals surface area contributed by atoms with Crippen LogP contribution < -0.4 is 5.32 Å². The molecule has 1 aromatic carbocycles. The molecular formula is C18H16Cl3N5O2S. The van der Waals surface area contributed by atoms with Crippen LogP contribution in [0.5, 0.6) is 0 Å². The number of nitrogens with zero attached hydrogens (tertiary/aromatic N) is 4. The van der Waals surface area contributed by atoms with E-state index in [1.807, 2.05) is 16.7 Å². The number of anilines is 1. The Morgan fingerprint density at radius 1 is 1.14 bits per heavy atom. The van der Waals surface area contributed by atoms with Crippen LogP contribution >= 0.6 is 46.6 Å². The van der Waals surface area contributed by atoms with Crippen LogP contribution in [0, 0.1) is 0 Å². The van der Waals surface area contributed by atoms with E-state index in [1.54, 1.807) is 19.5 Å². The maximum absolute atomic E-state index is 12.4. The van der Waals surface area contributed by atoms with Gasteiger partial charge in [-0.3, -0.25) is 14.3 Å². The van der Waals surface area contributed by atoms with Crippen LogP contribution in [0.25, 0.3) is 11.4 Å². The van der Waals surface area contributed by atoms with Gasteiger partial charge >= 0.3 is 0 Å². The molecule has 1 N–H and O–H groups in total. The first-order chi connectivity index (χ1) is 14.0. The fourth-order valence-corrected chi connectivity index (χ4v) is 3.79. The van der Waals surface area contributed by atoms with Crippen molar-refractivity contribution in [2.75, 3.05) is 24.8 Å². The number of ether oxygens (including phenoxy) is 1. The summed E-state index contributed by atoms with van der Waals surface area (Å²) in [5.41, 5.74) is 1.27. The lowest BCUT2D eigenvalue weighted by molar-refractivity contribution is -0.113. The third-order valence-electron chi connectivity index (χ3n) is 3.79. The van der Waals surface area contributed by atoms with Crippen molar-refractivity contribution in [2.24, 2.45) is 0 Å². The molecule has 152 valence electrons. The number of benzene rings is 1. The quantitative estimate of drug-likeness (QED) is 0.379. The van der Waals surface area contributed by atoms with Crippen molar-refractivity contribution >= 4 is 58.2 Å². The number of hydrogen-bond donors (Lipinski definition) is 1. The van der Waals surface area contributed by atoms with E-state index >= 15 is 0 Å². The van der Waals surface area contributed by atoms with Crippen LogP contribution in [-0.4, -0.2) is 45.1 Å². The molecule has 0 aliphatic carbocycles. The maximum Gasteiger partial charge on any atom is 0.234 e. The van der Waals surface area contributed by atoms with Crippen LogP contribution in [0.15, 0.2) is 41.8 Å². The highest BCUT2D eigenvalue weighted by atomic mass is 35.5. The molecule has 0 unspecified atom stereocenters. The zero-order chi connectivity index (χ0) is 20.8. The summed E-state index contributed by atoms with van der Waals surface area (Å²) in [4.78, 5) is 16.4. The maximum atomic E-state index is 12.4. The van der Waals surface area contributed by atoms with E-state index in [9.17, 15) is 4.79 Å². The Balaban J connectivity index is 1.72. The standard InChI is InChI=1S/C18H16Cl3N5O2S/c1-28-7-6-26-17(11-2-4-22-5-3-11)24-25-18(26)29-10-16(27)23-15-9-13(20)12(19)8-14(15)21/h2-5,8-9H,6-7,10H2,1H3,(H,23,27). The number of aromatic nitrogens is 4. The molecule has 0 saturated carbocycles. The fraction of sp³-hybridized carbons (Fsp3) is 0.222. The largest absolute Gasteiger partial charge is 0.383 e. The molecule has 11 heteroatoms. The van der Waals surface area contributed by atoms with Crippen LogP contribution in [0.4, 0.5) is 5.69 Å². The monoisotopic (exact) mass is 471 g/mol. The lowest BCUT2D eigenvalue weighted by Crippen LogP contribution is -2.15. The molecule has 0 aliphatic heterocycles. The van der Waals surface area contributed by atoms with Gasteiger partial charge in [0.1, 0.15) is 0 Å². The summed E-state index contributed by atoms with van der Waals surface area (Å²) >= 11 is 19.3. The summed E-state index contributed by atoms with van der Waals surface area (Å²) in [6, 6.07) is 6.69. The molecule has 7 nitrogen and oxygen atoms in total. The minimum Gasteiger partial charge on any atom is -0.383 e. The molecule has 0 spiro atoms. The third-order valence-corrected chi connectivity index (χ3v) is 5.79. The first-order valence-corrected chi connectivity index (χ1v) is 10.5. The SMILES string of the molecule is COCCn1c(SCC(=O)Nc2cc(Cl)c(Cl)cc2Cl)nnc1-c1ccncc1. The van der Waals surface area contributed by atoms with E-state index in [1.165, 1.54) is 23.9 Å². The topological polar surface area (TPSA) is 81.9 Å². The average molecular weight is 473 g/mol. The Hall–Kier alpha value is -1.84. The van der Waals surface area contributed by atoms with Crippen molar-refractivity contribution in [1.82, 2.24) is 19.7 Å². The number of pyridine rings is 1. The summed E-state index contributed by atoms with van der Waals surface area (Å²) in [6.07, 6.45) is 3.37. The number of nitrogens with one attached hydrogen (secondary N) is 1. The molecule has 3 rings (SSSR count). The van der Waals surface area contributed by atoms with Gasteiger partial charge in [-0.15, -0.1) is 10.2 Å². The van der Waals surface area contributed by atoms with Gasteiger partial charge < -0.3 is 10.1 Å². The smallest absolute Gasteiger partial charge is 0.234 e. The first-order valence-electron chi connectivity index (χ1n) is 8.39. The highest BCUT2D eigenvalue weighted by Gasteiger charge is 2.16. The molecule has 1 amide bonds. The van der Waals surface area contributed by atoms with E-state index in [0.717, 1.165) is 5.56 Å². The van der Waals surface area contributed by atoms with Gasteiger partial charge in [-0.2, -0.15) is 0 Å². The highest BCUT2D eigenvalue weighted by Crippen LogP contribution is 2.32. The van der Waals surface area contributed by atoms with Crippen molar-refractivity contribution in [3.63, 3.8) is 0 Å². The second kappa shape index (κ2) is 10.3. The predicted molar refractivity (Wildman–Crippen MR) is 116 cm³/mol. The van der Waals surface area contributed by atoms with E-state index in [2.05, 4.69) is 20.5 Å². The number of carbonyl (C=O) groups is 1. The fourth-order valence-electron chi connectivity index (χ4n) is 2.43. The Kier molecular flexibility index (Phi) is 7.74. The Morgan fingerprint density at radius 2 is 1.86 bits per heavy atom. The summed E-state index contributed by atoms with van der Waals surface area (Å²) in [7, 11) is 1.62. The average Bonchev–Trinajstić information content (AvgIpc) is 3.12. The molecule has 2 aromatic heterocycles. The zero-order valence-corrected chi connectivity index (χ0v) is 18.3. The summed E-state index contributed by atoms with van der Waals surface area (Å²) in [5.74, 6) is 0.528. The number of thioether (sulfide) groups is 1. The Labute approximate surface area is 186 Å². The van der Waals surface area contributed by atoms with Gasteiger partial charge in [0.15, 0.2) is 11.0 Å². The highest BCUT2D eigenvalue weighted by molar-refractivity contribution is 7.99. The number of halogens is 3. The van der Waals surface area contributed by atoms with Gasteiger partial charge in [0.25, 0.3) is 0 Å². The first kappa shape index (κ1) is 21.9. The van der Waals surface area contributed by atoms with Crippen molar-refractivity contribution in [3.8, 4) is 11.4 Å². The van der Waals surface area contributed by atoms with Crippen LogP contribution in [0.2, 0.25) is 15.1 Å². The van der Waals surface area contributed by atoms with Crippen LogP contribution in [0.3, 0.4) is 0 Å². The number of hydrogen-bond acceptors (Lipinski definition) is 6. The number of methoxy groups -OCH3 is 1. The van der Waals surface area contributed by atoms with Gasteiger partial charge in [-0.1, -0.05) is 46.6 Å². The van der Waals surface area contributed by atoms with Gasteiger partial charge in [0, 0.05) is 25.1 Å². The van der Waals surface area contributed by atoms with Crippen LogP contribution in [-0.2, 0) is 16.1 Å². The number of rotatable bonds is 8. The predicted octanol–water partition coefficient (Wildman–Crippen LogP) is 4.68. The third kappa shape index (κ3) is 5.61. The minimum absolute atomic E-state index is 0.109. The number of amides is 1. The van der Waals surface area contributed by atoms with Gasteiger partial charge in [0.05, 0.1) is 39.7 Å². The molecular weight excluding hydrogens is 457 g/mol. The van der Waals surface area contributed by atoms with Gasteiger partial charge in [-0.25, -0.2) is 0 Å². The van der Waals surface area contributed by atoms with Crippen molar-refractivity contribution in [1.29, 1.82) is 0 Å². The van der Waals surface area contributed by atoms with Crippen LogP contribution in [0.1, 0.15) is 0 Å². The Bertz CT molecular complexity index is 1000. The van der Waals surface area contributed by atoms with Crippen molar-refractivity contribution in [3.05, 3.63) is 51.7 Å². The molecule has 0 bridgehead atoms. The Morgan fingerprint density at radius 3 is 2.59 bits per heavy atom.